The molecule has 0 aliphatic heterocycles. The molecule has 0 bridgehead atoms. The Labute approximate surface area is 69.3 Å². The molecule has 66 valence electrons. The van der Waals surface area contributed by atoms with Crippen LogP contribution in [0, 0.1) is 5.92 Å². The van der Waals surface area contributed by atoms with Gasteiger partial charge in [0.15, 0.2) is 0 Å². The second-order valence-electron chi connectivity index (χ2n) is 3.39. The molecule has 11 heavy (non-hydrogen) atoms. The summed E-state index contributed by atoms with van der Waals surface area (Å²) in [6.45, 7) is 5.17. The summed E-state index contributed by atoms with van der Waals surface area (Å²) in [5, 5.41) is 3.27. The molecule has 2 heteroatoms. The summed E-state index contributed by atoms with van der Waals surface area (Å²) in [5.74, 6) is 0.844. The van der Waals surface area contributed by atoms with Crippen molar-refractivity contribution in [2.24, 2.45) is 5.92 Å². The summed E-state index contributed by atoms with van der Waals surface area (Å²) in [4.78, 5) is 0. The highest BCUT2D eigenvalue weighted by Gasteiger charge is 2.32. The van der Waals surface area contributed by atoms with E-state index in [1.54, 1.807) is 0 Å². The molecule has 0 aromatic heterocycles. The second kappa shape index (κ2) is 4.07. The Hall–Kier alpha value is -0.0800. The number of nitrogens with one attached hydrogen (secondary N) is 1. The van der Waals surface area contributed by atoms with Crippen LogP contribution in [0.3, 0.4) is 0 Å². The lowest BCUT2D eigenvalue weighted by atomic mass is 9.78. The average molecular weight is 157 g/mol. The zero-order valence-corrected chi connectivity index (χ0v) is 7.76. The average Bonchev–Trinajstić information content (AvgIpc) is 1.94. The van der Waals surface area contributed by atoms with Gasteiger partial charge in [0, 0.05) is 12.6 Å². The van der Waals surface area contributed by atoms with Crippen LogP contribution in [0.2, 0.25) is 0 Å². The number of hydrogen-bond acceptors (Lipinski definition) is 2. The van der Waals surface area contributed by atoms with Crippen molar-refractivity contribution in [1.29, 1.82) is 0 Å². The van der Waals surface area contributed by atoms with E-state index < -0.39 is 0 Å². The van der Waals surface area contributed by atoms with Crippen molar-refractivity contribution in [1.82, 2.24) is 5.32 Å². The third-order valence-electron chi connectivity index (χ3n) is 2.70. The van der Waals surface area contributed by atoms with Crippen molar-refractivity contribution in [3.8, 4) is 0 Å². The fourth-order valence-electron chi connectivity index (χ4n) is 1.62. The standard InChI is InChI=1S/C9H19NO/c1-4-11-9-5-8(6-9)7(2)10-3/h7-10H,4-6H2,1-3H3. The van der Waals surface area contributed by atoms with Crippen LogP contribution in [0.5, 0.6) is 0 Å². The lowest BCUT2D eigenvalue weighted by Gasteiger charge is -2.38. The van der Waals surface area contributed by atoms with Crippen LogP contribution < -0.4 is 5.32 Å². The first-order chi connectivity index (χ1) is 5.27. The van der Waals surface area contributed by atoms with Crippen molar-refractivity contribution >= 4 is 0 Å². The first-order valence-electron chi connectivity index (χ1n) is 4.56. The van der Waals surface area contributed by atoms with Crippen LogP contribution in [-0.2, 0) is 4.74 Å². The molecule has 1 unspecified atom stereocenters. The first-order valence-corrected chi connectivity index (χ1v) is 4.56. The molecular weight excluding hydrogens is 138 g/mol. The van der Waals surface area contributed by atoms with Gasteiger partial charge in [-0.05, 0) is 39.7 Å². The molecule has 0 heterocycles. The fourth-order valence-corrected chi connectivity index (χ4v) is 1.62. The number of rotatable bonds is 4. The molecule has 0 radical (unpaired) electrons. The number of ether oxygens (including phenoxy) is 1. The number of hydrogen-bond donors (Lipinski definition) is 1. The summed E-state index contributed by atoms with van der Waals surface area (Å²) in [6.07, 6.45) is 3.05. The Morgan fingerprint density at radius 2 is 2.18 bits per heavy atom. The summed E-state index contributed by atoms with van der Waals surface area (Å²) in [5.41, 5.74) is 0. The highest BCUT2D eigenvalue weighted by Crippen LogP contribution is 2.32. The predicted molar refractivity (Wildman–Crippen MR) is 46.7 cm³/mol. The van der Waals surface area contributed by atoms with Crippen molar-refractivity contribution in [2.45, 2.75) is 38.8 Å². The Balaban J connectivity index is 2.08. The lowest BCUT2D eigenvalue weighted by Crippen LogP contribution is -2.42. The monoisotopic (exact) mass is 157 g/mol. The van der Waals surface area contributed by atoms with Crippen molar-refractivity contribution in [3.63, 3.8) is 0 Å². The van der Waals surface area contributed by atoms with Crippen LogP contribution in [0.25, 0.3) is 0 Å². The SMILES string of the molecule is CCOC1CC(C(C)NC)C1. The van der Waals surface area contributed by atoms with Gasteiger partial charge in [-0.25, -0.2) is 0 Å². The van der Waals surface area contributed by atoms with Crippen molar-refractivity contribution in [3.05, 3.63) is 0 Å². The van der Waals surface area contributed by atoms with Gasteiger partial charge in [0.05, 0.1) is 6.10 Å². The van der Waals surface area contributed by atoms with Gasteiger partial charge in [-0.15, -0.1) is 0 Å². The molecule has 0 saturated heterocycles. The zero-order chi connectivity index (χ0) is 8.27. The second-order valence-corrected chi connectivity index (χ2v) is 3.39. The van der Waals surface area contributed by atoms with E-state index in [0.717, 1.165) is 12.5 Å². The Kier molecular flexibility index (Phi) is 3.34. The Morgan fingerprint density at radius 1 is 1.55 bits per heavy atom. The van der Waals surface area contributed by atoms with E-state index in [1.807, 2.05) is 7.05 Å². The van der Waals surface area contributed by atoms with E-state index in [9.17, 15) is 0 Å². The minimum atomic E-state index is 0.556. The minimum Gasteiger partial charge on any atom is -0.378 e. The zero-order valence-electron chi connectivity index (χ0n) is 7.76. The van der Waals surface area contributed by atoms with Crippen LogP contribution in [0.15, 0.2) is 0 Å². The molecular formula is C9H19NO. The van der Waals surface area contributed by atoms with E-state index in [4.69, 9.17) is 4.74 Å². The van der Waals surface area contributed by atoms with Gasteiger partial charge in [0.25, 0.3) is 0 Å². The maximum atomic E-state index is 5.47. The summed E-state index contributed by atoms with van der Waals surface area (Å²) in [6, 6.07) is 0.659. The third-order valence-corrected chi connectivity index (χ3v) is 2.70. The van der Waals surface area contributed by atoms with Crippen LogP contribution in [-0.4, -0.2) is 25.8 Å². The molecule has 1 aliphatic rings. The van der Waals surface area contributed by atoms with Gasteiger partial charge in [0.1, 0.15) is 0 Å². The van der Waals surface area contributed by atoms with Gasteiger partial charge in [-0.2, -0.15) is 0 Å². The van der Waals surface area contributed by atoms with Gasteiger partial charge < -0.3 is 10.1 Å². The smallest absolute Gasteiger partial charge is 0.0581 e. The van der Waals surface area contributed by atoms with Crippen molar-refractivity contribution in [2.75, 3.05) is 13.7 Å². The lowest BCUT2D eigenvalue weighted by molar-refractivity contribution is -0.0326. The molecule has 1 rings (SSSR count). The minimum absolute atomic E-state index is 0.556. The summed E-state index contributed by atoms with van der Waals surface area (Å²) >= 11 is 0. The van der Waals surface area contributed by atoms with E-state index >= 15 is 0 Å². The molecule has 2 nitrogen and oxygen atoms in total. The summed E-state index contributed by atoms with van der Waals surface area (Å²) in [7, 11) is 2.03. The van der Waals surface area contributed by atoms with Gasteiger partial charge in [0.2, 0.25) is 0 Å². The third kappa shape index (κ3) is 2.17. The highest BCUT2D eigenvalue weighted by atomic mass is 16.5. The van der Waals surface area contributed by atoms with Crippen molar-refractivity contribution < 1.29 is 4.74 Å². The molecule has 0 aromatic rings. The summed E-state index contributed by atoms with van der Waals surface area (Å²) < 4.78 is 5.47. The van der Waals surface area contributed by atoms with Gasteiger partial charge >= 0.3 is 0 Å². The highest BCUT2D eigenvalue weighted by molar-refractivity contribution is 4.86. The molecule has 1 N–H and O–H groups in total. The molecule has 1 fully saturated rings. The van der Waals surface area contributed by atoms with Gasteiger partial charge in [-0.3, -0.25) is 0 Å². The molecule has 1 atom stereocenters. The maximum absolute atomic E-state index is 5.47. The maximum Gasteiger partial charge on any atom is 0.0581 e. The van der Waals surface area contributed by atoms with E-state index in [0.29, 0.717) is 12.1 Å². The topological polar surface area (TPSA) is 21.3 Å². The largest absolute Gasteiger partial charge is 0.378 e. The molecule has 1 aliphatic carbocycles. The van der Waals surface area contributed by atoms with Crippen LogP contribution >= 0.6 is 0 Å². The predicted octanol–water partition coefficient (Wildman–Crippen LogP) is 1.41. The Bertz CT molecular complexity index is 110. The molecule has 0 amide bonds. The Morgan fingerprint density at radius 3 is 2.64 bits per heavy atom. The fraction of sp³-hybridized carbons (Fsp3) is 1.00. The molecule has 0 aromatic carbocycles. The van der Waals surface area contributed by atoms with E-state index in [1.165, 1.54) is 12.8 Å². The normalized spacial score (nSPS) is 33.0. The first kappa shape index (κ1) is 9.01. The van der Waals surface area contributed by atoms with Gasteiger partial charge in [-0.1, -0.05) is 0 Å². The quantitative estimate of drug-likeness (QED) is 0.666. The van der Waals surface area contributed by atoms with Crippen LogP contribution in [0.1, 0.15) is 26.7 Å². The molecule has 0 spiro atoms. The van der Waals surface area contributed by atoms with E-state index in [2.05, 4.69) is 19.2 Å². The van der Waals surface area contributed by atoms with Crippen LogP contribution in [0.4, 0.5) is 0 Å². The molecule has 1 saturated carbocycles. The van der Waals surface area contributed by atoms with E-state index in [-0.39, 0.29) is 0 Å².